The van der Waals surface area contributed by atoms with E-state index in [0.717, 1.165) is 12.1 Å². The van der Waals surface area contributed by atoms with Crippen LogP contribution in [0.5, 0.6) is 0 Å². The predicted octanol–water partition coefficient (Wildman–Crippen LogP) is 2.97. The number of nitrogens with two attached hydrogens (primary N) is 1. The van der Waals surface area contributed by atoms with Crippen molar-refractivity contribution in [2.24, 2.45) is 10.7 Å². The van der Waals surface area contributed by atoms with Crippen LogP contribution in [0.1, 0.15) is 11.1 Å². The minimum atomic E-state index is 0.533. The molecule has 25 heavy (non-hydrogen) atoms. The molecule has 0 amide bonds. The molecule has 5 nitrogen and oxygen atoms in total. The first-order valence-corrected chi connectivity index (χ1v) is 8.23. The van der Waals surface area contributed by atoms with Crippen molar-refractivity contribution in [1.29, 1.82) is 0 Å². The molecule has 5 heteroatoms. The second kappa shape index (κ2) is 7.66. The lowest BCUT2D eigenvalue weighted by molar-refractivity contribution is 0.609. The standard InChI is InChI=1S/C20H23N5/c1-24(2)20(21)23-13-18-5-3-4-6-19(18)17-9-7-16(8-10-17)14-25-12-11-22-15-25/h3-12,15H,13-14H2,1-2H3,(H2,21,23). The first-order chi connectivity index (χ1) is 12.1. The van der Waals surface area contributed by atoms with Gasteiger partial charge in [0, 0.05) is 33.0 Å². The average Bonchev–Trinajstić information content (AvgIpc) is 3.13. The molecule has 0 fully saturated rings. The van der Waals surface area contributed by atoms with E-state index in [2.05, 4.69) is 57.0 Å². The highest BCUT2D eigenvalue weighted by Crippen LogP contribution is 2.25. The first-order valence-electron chi connectivity index (χ1n) is 8.23. The minimum Gasteiger partial charge on any atom is -0.370 e. The monoisotopic (exact) mass is 333 g/mol. The first kappa shape index (κ1) is 16.8. The van der Waals surface area contributed by atoms with Gasteiger partial charge in [-0.2, -0.15) is 0 Å². The largest absolute Gasteiger partial charge is 0.370 e. The molecule has 2 N–H and O–H groups in total. The average molecular weight is 333 g/mol. The summed E-state index contributed by atoms with van der Waals surface area (Å²) in [6, 6.07) is 16.9. The van der Waals surface area contributed by atoms with E-state index >= 15 is 0 Å². The van der Waals surface area contributed by atoms with Crippen molar-refractivity contribution in [3.63, 3.8) is 0 Å². The zero-order valence-electron chi connectivity index (χ0n) is 14.6. The summed E-state index contributed by atoms with van der Waals surface area (Å²) in [5, 5.41) is 0. The summed E-state index contributed by atoms with van der Waals surface area (Å²) in [5.74, 6) is 0.533. The van der Waals surface area contributed by atoms with Gasteiger partial charge in [-0.15, -0.1) is 0 Å². The van der Waals surface area contributed by atoms with Crippen molar-refractivity contribution in [2.75, 3.05) is 14.1 Å². The van der Waals surface area contributed by atoms with Gasteiger partial charge < -0.3 is 15.2 Å². The Morgan fingerprint density at radius 1 is 1.12 bits per heavy atom. The third-order valence-electron chi connectivity index (χ3n) is 4.08. The smallest absolute Gasteiger partial charge is 0.191 e. The van der Waals surface area contributed by atoms with E-state index < -0.39 is 0 Å². The Hall–Kier alpha value is -3.08. The number of benzene rings is 2. The Morgan fingerprint density at radius 3 is 2.56 bits per heavy atom. The van der Waals surface area contributed by atoms with Crippen LogP contribution in [-0.4, -0.2) is 34.5 Å². The fourth-order valence-electron chi connectivity index (χ4n) is 2.63. The number of hydrogen-bond acceptors (Lipinski definition) is 2. The molecule has 3 rings (SSSR count). The lowest BCUT2D eigenvalue weighted by atomic mass is 9.98. The number of hydrogen-bond donors (Lipinski definition) is 1. The summed E-state index contributed by atoms with van der Waals surface area (Å²) in [7, 11) is 3.79. The Labute approximate surface area is 148 Å². The van der Waals surface area contributed by atoms with Crippen LogP contribution < -0.4 is 5.73 Å². The summed E-state index contributed by atoms with van der Waals surface area (Å²) < 4.78 is 2.06. The highest BCUT2D eigenvalue weighted by Gasteiger charge is 2.05. The van der Waals surface area contributed by atoms with Crippen LogP contribution in [0.15, 0.2) is 72.2 Å². The number of rotatable bonds is 5. The lowest BCUT2D eigenvalue weighted by Crippen LogP contribution is -2.30. The Morgan fingerprint density at radius 2 is 1.88 bits per heavy atom. The van der Waals surface area contributed by atoms with Crippen molar-refractivity contribution >= 4 is 5.96 Å². The fourth-order valence-corrected chi connectivity index (χ4v) is 2.63. The van der Waals surface area contributed by atoms with Crippen molar-refractivity contribution in [2.45, 2.75) is 13.1 Å². The van der Waals surface area contributed by atoms with Crippen LogP contribution in [0.2, 0.25) is 0 Å². The van der Waals surface area contributed by atoms with E-state index in [0.29, 0.717) is 12.5 Å². The molecule has 0 aliphatic carbocycles. The zero-order chi connectivity index (χ0) is 17.6. The molecule has 0 radical (unpaired) electrons. The van der Waals surface area contributed by atoms with Crippen LogP contribution in [-0.2, 0) is 13.1 Å². The van der Waals surface area contributed by atoms with Gasteiger partial charge in [-0.1, -0.05) is 48.5 Å². The topological polar surface area (TPSA) is 59.4 Å². The van der Waals surface area contributed by atoms with Crippen LogP contribution in [0, 0.1) is 0 Å². The van der Waals surface area contributed by atoms with Crippen LogP contribution in [0.4, 0.5) is 0 Å². The van der Waals surface area contributed by atoms with Crippen molar-refractivity contribution < 1.29 is 0 Å². The van der Waals surface area contributed by atoms with Gasteiger partial charge in [-0.3, -0.25) is 0 Å². The molecule has 128 valence electrons. The molecule has 0 bridgehead atoms. The maximum atomic E-state index is 5.91. The van der Waals surface area contributed by atoms with Gasteiger partial charge in [0.05, 0.1) is 12.9 Å². The third-order valence-corrected chi connectivity index (χ3v) is 4.08. The molecule has 0 aliphatic heterocycles. The Balaban J connectivity index is 1.80. The predicted molar refractivity (Wildman–Crippen MR) is 102 cm³/mol. The van der Waals surface area contributed by atoms with E-state index in [1.54, 1.807) is 6.20 Å². The van der Waals surface area contributed by atoms with E-state index in [1.807, 2.05) is 37.6 Å². The normalized spacial score (nSPS) is 11.5. The molecule has 0 aliphatic rings. The molecule has 1 heterocycles. The minimum absolute atomic E-state index is 0.533. The summed E-state index contributed by atoms with van der Waals surface area (Å²) in [4.78, 5) is 10.3. The van der Waals surface area contributed by atoms with Gasteiger partial charge in [0.25, 0.3) is 0 Å². The molecule has 0 unspecified atom stereocenters. The maximum Gasteiger partial charge on any atom is 0.191 e. The van der Waals surface area contributed by atoms with E-state index in [9.17, 15) is 0 Å². The van der Waals surface area contributed by atoms with Gasteiger partial charge >= 0.3 is 0 Å². The highest BCUT2D eigenvalue weighted by molar-refractivity contribution is 5.77. The summed E-state index contributed by atoms with van der Waals surface area (Å²) in [6.07, 6.45) is 5.59. The number of imidazole rings is 1. The van der Waals surface area contributed by atoms with Gasteiger partial charge in [0.2, 0.25) is 0 Å². The van der Waals surface area contributed by atoms with Crippen LogP contribution in [0.3, 0.4) is 0 Å². The third kappa shape index (κ3) is 4.26. The van der Waals surface area contributed by atoms with Gasteiger partial charge in [0.1, 0.15) is 0 Å². The summed E-state index contributed by atoms with van der Waals surface area (Å²) in [5.41, 5.74) is 10.7. The molecule has 1 aromatic heterocycles. The molecular weight excluding hydrogens is 310 g/mol. The quantitative estimate of drug-likeness (QED) is 0.577. The second-order valence-electron chi connectivity index (χ2n) is 6.16. The van der Waals surface area contributed by atoms with E-state index in [1.165, 1.54) is 16.7 Å². The lowest BCUT2D eigenvalue weighted by Gasteiger charge is -2.12. The number of aliphatic imine (C=N–C) groups is 1. The van der Waals surface area contributed by atoms with E-state index in [-0.39, 0.29) is 0 Å². The number of aromatic nitrogens is 2. The molecule has 0 saturated carbocycles. The van der Waals surface area contributed by atoms with E-state index in [4.69, 9.17) is 5.73 Å². The van der Waals surface area contributed by atoms with Crippen LogP contribution in [0.25, 0.3) is 11.1 Å². The van der Waals surface area contributed by atoms with Crippen LogP contribution >= 0.6 is 0 Å². The van der Waals surface area contributed by atoms with Crippen molar-refractivity contribution in [3.05, 3.63) is 78.4 Å². The van der Waals surface area contributed by atoms with Crippen molar-refractivity contribution in [1.82, 2.24) is 14.5 Å². The Bertz CT molecular complexity index is 833. The zero-order valence-corrected chi connectivity index (χ0v) is 14.6. The second-order valence-corrected chi connectivity index (χ2v) is 6.16. The number of nitrogens with zero attached hydrogens (tertiary/aromatic N) is 4. The molecule has 3 aromatic rings. The molecule has 2 aromatic carbocycles. The highest BCUT2D eigenvalue weighted by atomic mass is 15.2. The van der Waals surface area contributed by atoms with Gasteiger partial charge in [-0.05, 0) is 22.3 Å². The maximum absolute atomic E-state index is 5.91. The SMILES string of the molecule is CN(C)C(N)=NCc1ccccc1-c1ccc(Cn2ccnc2)cc1. The molecule has 0 spiro atoms. The molecule has 0 saturated heterocycles. The van der Waals surface area contributed by atoms with Gasteiger partial charge in [0.15, 0.2) is 5.96 Å². The molecular formula is C20H23N5. The van der Waals surface area contributed by atoms with Crippen molar-refractivity contribution in [3.8, 4) is 11.1 Å². The summed E-state index contributed by atoms with van der Waals surface area (Å²) in [6.45, 7) is 1.39. The molecule has 0 atom stereocenters. The Kier molecular flexibility index (Phi) is 5.14. The number of guanidine groups is 1. The van der Waals surface area contributed by atoms with Gasteiger partial charge in [-0.25, -0.2) is 9.98 Å². The fraction of sp³-hybridized carbons (Fsp3) is 0.200. The summed E-state index contributed by atoms with van der Waals surface area (Å²) >= 11 is 0.